The van der Waals surface area contributed by atoms with Gasteiger partial charge in [-0.1, -0.05) is 39.7 Å². The van der Waals surface area contributed by atoms with Gasteiger partial charge in [-0.25, -0.2) is 4.98 Å². The number of benzene rings is 3. The summed E-state index contributed by atoms with van der Waals surface area (Å²) >= 11 is 3.38. The van der Waals surface area contributed by atoms with Gasteiger partial charge in [-0.15, -0.1) is 0 Å². The minimum atomic E-state index is -0.173. The summed E-state index contributed by atoms with van der Waals surface area (Å²) in [6.07, 6.45) is 0. The van der Waals surface area contributed by atoms with Crippen LogP contribution in [0.3, 0.4) is 0 Å². The number of nitrogens with one attached hydrogen (secondary N) is 1. The number of carbonyl (C=O) groups excluding carboxylic acids is 1. The van der Waals surface area contributed by atoms with E-state index >= 15 is 0 Å². The van der Waals surface area contributed by atoms with Crippen LogP contribution in [0, 0.1) is 6.92 Å². The van der Waals surface area contributed by atoms with Gasteiger partial charge in [0.05, 0.1) is 0 Å². The van der Waals surface area contributed by atoms with Gasteiger partial charge in [0.1, 0.15) is 5.52 Å². The standard InChI is InChI=1S/C21H15BrN2O2/c1-13-4-2-6-15(10-13)21-24-18-12-17(8-9-19(18)26-21)23-20(25)14-5-3-7-16(22)11-14/h2-12H,1H3,(H,23,25). The van der Waals surface area contributed by atoms with E-state index in [-0.39, 0.29) is 5.91 Å². The highest BCUT2D eigenvalue weighted by atomic mass is 79.9. The van der Waals surface area contributed by atoms with Crippen LogP contribution in [0.15, 0.2) is 75.6 Å². The number of aryl methyl sites for hydroxylation is 1. The summed E-state index contributed by atoms with van der Waals surface area (Å²) in [5.41, 5.74) is 4.72. The second-order valence-corrected chi connectivity index (χ2v) is 6.95. The van der Waals surface area contributed by atoms with Gasteiger partial charge in [0.25, 0.3) is 5.91 Å². The number of oxazole rings is 1. The minimum absolute atomic E-state index is 0.173. The maximum absolute atomic E-state index is 12.4. The predicted molar refractivity (Wildman–Crippen MR) is 106 cm³/mol. The molecule has 26 heavy (non-hydrogen) atoms. The first-order chi connectivity index (χ1) is 12.6. The fraction of sp³-hybridized carbons (Fsp3) is 0.0476. The number of hydrogen-bond acceptors (Lipinski definition) is 3. The summed E-state index contributed by atoms with van der Waals surface area (Å²) in [5, 5.41) is 2.89. The molecule has 0 aliphatic rings. The van der Waals surface area contributed by atoms with Gasteiger partial charge in [-0.3, -0.25) is 4.79 Å². The van der Waals surface area contributed by atoms with Crippen LogP contribution in [0.5, 0.6) is 0 Å². The van der Waals surface area contributed by atoms with E-state index in [0.717, 1.165) is 15.6 Å². The summed E-state index contributed by atoms with van der Waals surface area (Å²) < 4.78 is 6.70. The second kappa shape index (κ2) is 6.77. The van der Waals surface area contributed by atoms with Crippen LogP contribution in [0.2, 0.25) is 0 Å². The number of hydrogen-bond donors (Lipinski definition) is 1. The molecule has 3 aromatic carbocycles. The molecule has 1 amide bonds. The lowest BCUT2D eigenvalue weighted by Gasteiger charge is -2.05. The Morgan fingerprint density at radius 3 is 2.69 bits per heavy atom. The van der Waals surface area contributed by atoms with Crippen molar-refractivity contribution in [2.24, 2.45) is 0 Å². The quantitative estimate of drug-likeness (QED) is 0.466. The summed E-state index contributed by atoms with van der Waals surface area (Å²) in [5.74, 6) is 0.396. The van der Waals surface area contributed by atoms with Crippen LogP contribution in [-0.4, -0.2) is 10.9 Å². The first-order valence-electron chi connectivity index (χ1n) is 8.13. The lowest BCUT2D eigenvalue weighted by Crippen LogP contribution is -2.11. The molecule has 0 saturated heterocycles. The average Bonchev–Trinajstić information content (AvgIpc) is 3.05. The smallest absolute Gasteiger partial charge is 0.255 e. The molecule has 0 spiro atoms. The lowest BCUT2D eigenvalue weighted by molar-refractivity contribution is 0.102. The Kier molecular flexibility index (Phi) is 4.31. The number of nitrogens with zero attached hydrogens (tertiary/aromatic N) is 1. The SMILES string of the molecule is Cc1cccc(-c2nc3cc(NC(=O)c4cccc(Br)c4)ccc3o2)c1. The highest BCUT2D eigenvalue weighted by Gasteiger charge is 2.11. The van der Waals surface area contributed by atoms with Gasteiger partial charge in [-0.2, -0.15) is 0 Å². The minimum Gasteiger partial charge on any atom is -0.436 e. The van der Waals surface area contributed by atoms with Crippen LogP contribution in [0.1, 0.15) is 15.9 Å². The fourth-order valence-corrected chi connectivity index (χ4v) is 3.14. The highest BCUT2D eigenvalue weighted by Crippen LogP contribution is 2.27. The van der Waals surface area contributed by atoms with Crippen molar-refractivity contribution in [3.63, 3.8) is 0 Å². The monoisotopic (exact) mass is 406 g/mol. The first-order valence-corrected chi connectivity index (χ1v) is 8.92. The number of rotatable bonds is 3. The van der Waals surface area contributed by atoms with Crippen LogP contribution in [0.25, 0.3) is 22.6 Å². The molecule has 5 heteroatoms. The molecule has 0 aliphatic heterocycles. The number of anilines is 1. The molecular weight excluding hydrogens is 392 g/mol. The van der Waals surface area contributed by atoms with Crippen molar-refractivity contribution < 1.29 is 9.21 Å². The zero-order chi connectivity index (χ0) is 18.1. The molecule has 0 bridgehead atoms. The van der Waals surface area contributed by atoms with E-state index in [1.54, 1.807) is 12.1 Å². The Balaban J connectivity index is 1.62. The van der Waals surface area contributed by atoms with Crippen LogP contribution in [-0.2, 0) is 0 Å². The zero-order valence-corrected chi connectivity index (χ0v) is 15.6. The van der Waals surface area contributed by atoms with E-state index < -0.39 is 0 Å². The van der Waals surface area contributed by atoms with Crippen LogP contribution >= 0.6 is 15.9 Å². The van der Waals surface area contributed by atoms with E-state index in [4.69, 9.17) is 4.42 Å². The normalized spacial score (nSPS) is 10.8. The zero-order valence-electron chi connectivity index (χ0n) is 14.0. The Labute approximate surface area is 159 Å². The van der Waals surface area contributed by atoms with Crippen molar-refractivity contribution in [3.05, 3.63) is 82.3 Å². The van der Waals surface area contributed by atoms with Gasteiger partial charge in [0, 0.05) is 21.3 Å². The molecule has 1 heterocycles. The third-order valence-electron chi connectivity index (χ3n) is 4.00. The summed E-state index contributed by atoms with van der Waals surface area (Å²) in [6, 6.07) is 20.7. The highest BCUT2D eigenvalue weighted by molar-refractivity contribution is 9.10. The Morgan fingerprint density at radius 2 is 1.88 bits per heavy atom. The van der Waals surface area contributed by atoms with E-state index in [0.29, 0.717) is 28.2 Å². The molecule has 0 unspecified atom stereocenters. The molecule has 0 fully saturated rings. The van der Waals surface area contributed by atoms with Crippen molar-refractivity contribution in [1.29, 1.82) is 0 Å². The molecule has 1 aromatic heterocycles. The number of halogens is 1. The predicted octanol–water partition coefficient (Wildman–Crippen LogP) is 5.82. The molecule has 0 radical (unpaired) electrons. The Bertz CT molecular complexity index is 1120. The van der Waals surface area contributed by atoms with Crippen LogP contribution in [0.4, 0.5) is 5.69 Å². The Morgan fingerprint density at radius 1 is 1.04 bits per heavy atom. The molecular formula is C21H15BrN2O2. The van der Waals surface area contributed by atoms with E-state index in [1.807, 2.05) is 61.5 Å². The van der Waals surface area contributed by atoms with Gasteiger partial charge in [-0.05, 0) is 55.5 Å². The molecule has 4 nitrogen and oxygen atoms in total. The Hall–Kier alpha value is -2.92. The molecule has 0 aliphatic carbocycles. The van der Waals surface area contributed by atoms with Gasteiger partial charge in [0.15, 0.2) is 5.58 Å². The third-order valence-corrected chi connectivity index (χ3v) is 4.49. The first kappa shape index (κ1) is 16.5. The topological polar surface area (TPSA) is 55.1 Å². The van der Waals surface area contributed by atoms with E-state index in [1.165, 1.54) is 0 Å². The number of amides is 1. The molecule has 0 saturated carbocycles. The molecule has 4 rings (SSSR count). The number of aromatic nitrogens is 1. The maximum Gasteiger partial charge on any atom is 0.255 e. The van der Waals surface area contributed by atoms with Crippen molar-refractivity contribution in [2.75, 3.05) is 5.32 Å². The van der Waals surface area contributed by atoms with E-state index in [2.05, 4.69) is 26.2 Å². The molecule has 4 aromatic rings. The average molecular weight is 407 g/mol. The molecule has 1 N–H and O–H groups in total. The van der Waals surface area contributed by atoms with Gasteiger partial charge < -0.3 is 9.73 Å². The van der Waals surface area contributed by atoms with Gasteiger partial charge in [0.2, 0.25) is 5.89 Å². The molecule has 128 valence electrons. The molecule has 0 atom stereocenters. The van der Waals surface area contributed by atoms with Crippen molar-refractivity contribution in [1.82, 2.24) is 4.98 Å². The fourth-order valence-electron chi connectivity index (χ4n) is 2.74. The van der Waals surface area contributed by atoms with Crippen molar-refractivity contribution in [2.45, 2.75) is 6.92 Å². The number of carbonyl (C=O) groups is 1. The van der Waals surface area contributed by atoms with Crippen molar-refractivity contribution >= 4 is 38.6 Å². The summed E-state index contributed by atoms with van der Waals surface area (Å²) in [4.78, 5) is 16.9. The third kappa shape index (κ3) is 3.39. The number of fused-ring (bicyclic) bond motifs is 1. The largest absolute Gasteiger partial charge is 0.436 e. The maximum atomic E-state index is 12.4. The van der Waals surface area contributed by atoms with Crippen LogP contribution < -0.4 is 5.32 Å². The van der Waals surface area contributed by atoms with Gasteiger partial charge >= 0.3 is 0 Å². The van der Waals surface area contributed by atoms with Crippen molar-refractivity contribution in [3.8, 4) is 11.5 Å². The lowest BCUT2D eigenvalue weighted by atomic mass is 10.1. The summed E-state index contributed by atoms with van der Waals surface area (Å²) in [6.45, 7) is 2.03. The summed E-state index contributed by atoms with van der Waals surface area (Å²) in [7, 11) is 0. The van der Waals surface area contributed by atoms with E-state index in [9.17, 15) is 4.79 Å². The second-order valence-electron chi connectivity index (χ2n) is 6.04.